The van der Waals surface area contributed by atoms with Crippen molar-refractivity contribution in [2.45, 2.75) is 23.8 Å². The van der Waals surface area contributed by atoms with Crippen molar-refractivity contribution in [2.75, 3.05) is 27.2 Å². The molecule has 1 saturated heterocycles. The van der Waals surface area contributed by atoms with Crippen molar-refractivity contribution in [1.29, 1.82) is 0 Å². The van der Waals surface area contributed by atoms with Crippen LogP contribution in [0.1, 0.15) is 18.4 Å². The molecule has 0 aromatic heterocycles. The Labute approximate surface area is 146 Å². The zero-order chi connectivity index (χ0) is 18.2. The third-order valence-corrected chi connectivity index (χ3v) is 5.57. The van der Waals surface area contributed by atoms with Crippen LogP contribution in [0.3, 0.4) is 0 Å². The average Bonchev–Trinajstić information content (AvgIpc) is 3.15. The summed E-state index contributed by atoms with van der Waals surface area (Å²) in [5, 5.41) is 0. The van der Waals surface area contributed by atoms with Gasteiger partial charge in [0, 0.05) is 26.2 Å². The normalized spacial score (nSPS) is 20.8. The Morgan fingerprint density at radius 1 is 1.32 bits per heavy atom. The number of hydrogen-bond acceptors (Lipinski definition) is 6. The third-order valence-electron chi connectivity index (χ3n) is 4.25. The molecule has 0 unspecified atom stereocenters. The minimum atomic E-state index is -3.74. The fraction of sp³-hybridized carbons (Fsp3) is 0.438. The largest absolute Gasteiger partial charge is 0.454 e. The zero-order valence-electron chi connectivity index (χ0n) is 14.0. The molecule has 0 aliphatic carbocycles. The number of benzene rings is 1. The van der Waals surface area contributed by atoms with E-state index in [1.807, 2.05) is 0 Å². The topological polar surface area (TPSA) is 96.3 Å². The van der Waals surface area contributed by atoms with E-state index >= 15 is 0 Å². The molecule has 1 aromatic rings. The van der Waals surface area contributed by atoms with Gasteiger partial charge < -0.3 is 14.5 Å². The van der Waals surface area contributed by atoms with E-state index in [2.05, 4.69) is 4.40 Å². The molecule has 134 valence electrons. The molecule has 0 bridgehead atoms. The fourth-order valence-electron chi connectivity index (χ4n) is 2.92. The molecule has 25 heavy (non-hydrogen) atoms. The van der Waals surface area contributed by atoms with Crippen LogP contribution in [-0.4, -0.2) is 69.2 Å². The SMILES string of the molecule is CN(C)C(=O)COC(=O)[C@@H]1CCCN1C1=NS(=O)(=O)c2ccccc21. The van der Waals surface area contributed by atoms with Gasteiger partial charge in [0.2, 0.25) is 0 Å². The molecule has 2 heterocycles. The van der Waals surface area contributed by atoms with Gasteiger partial charge in [0.15, 0.2) is 12.4 Å². The van der Waals surface area contributed by atoms with Crippen LogP contribution in [0.4, 0.5) is 0 Å². The molecule has 1 amide bonds. The first-order valence-corrected chi connectivity index (χ1v) is 9.33. The predicted octanol–water partition coefficient (Wildman–Crippen LogP) is 0.231. The second-order valence-electron chi connectivity index (χ2n) is 6.13. The van der Waals surface area contributed by atoms with Crippen LogP contribution in [0.5, 0.6) is 0 Å². The highest BCUT2D eigenvalue weighted by Gasteiger charge is 2.40. The number of ether oxygens (including phenoxy) is 1. The maximum absolute atomic E-state index is 12.4. The van der Waals surface area contributed by atoms with Gasteiger partial charge in [-0.25, -0.2) is 4.79 Å². The summed E-state index contributed by atoms with van der Waals surface area (Å²) in [6, 6.07) is 5.90. The Balaban J connectivity index is 1.81. The fourth-order valence-corrected chi connectivity index (χ4v) is 4.14. The average molecular weight is 365 g/mol. The van der Waals surface area contributed by atoms with Crippen LogP contribution in [0.2, 0.25) is 0 Å². The maximum atomic E-state index is 12.4. The highest BCUT2D eigenvalue weighted by Crippen LogP contribution is 2.31. The van der Waals surface area contributed by atoms with Crippen molar-refractivity contribution in [3.63, 3.8) is 0 Å². The lowest BCUT2D eigenvalue weighted by molar-refractivity contribution is -0.154. The number of rotatable bonds is 3. The molecular weight excluding hydrogens is 346 g/mol. The summed E-state index contributed by atoms with van der Waals surface area (Å²) in [5.74, 6) is -0.588. The summed E-state index contributed by atoms with van der Waals surface area (Å²) in [6.07, 6.45) is 1.23. The van der Waals surface area contributed by atoms with Crippen LogP contribution >= 0.6 is 0 Å². The Morgan fingerprint density at radius 3 is 2.76 bits per heavy atom. The van der Waals surface area contributed by atoms with E-state index in [1.165, 1.54) is 11.0 Å². The van der Waals surface area contributed by atoms with Crippen molar-refractivity contribution < 1.29 is 22.7 Å². The number of fused-ring (bicyclic) bond motifs is 1. The molecule has 9 heteroatoms. The number of nitrogens with zero attached hydrogens (tertiary/aromatic N) is 3. The molecule has 1 aromatic carbocycles. The number of amidine groups is 1. The maximum Gasteiger partial charge on any atom is 0.329 e. The first-order chi connectivity index (χ1) is 11.8. The van der Waals surface area contributed by atoms with Gasteiger partial charge in [-0.15, -0.1) is 4.40 Å². The van der Waals surface area contributed by atoms with Crippen molar-refractivity contribution in [2.24, 2.45) is 4.40 Å². The van der Waals surface area contributed by atoms with Crippen molar-refractivity contribution in [1.82, 2.24) is 9.80 Å². The van der Waals surface area contributed by atoms with E-state index in [-0.39, 0.29) is 23.2 Å². The molecule has 0 saturated carbocycles. The van der Waals surface area contributed by atoms with Crippen molar-refractivity contribution >= 4 is 27.7 Å². The highest BCUT2D eigenvalue weighted by atomic mass is 32.2. The molecule has 2 aliphatic heterocycles. The molecule has 0 spiro atoms. The molecule has 1 atom stereocenters. The van der Waals surface area contributed by atoms with Gasteiger partial charge in [-0.1, -0.05) is 12.1 Å². The van der Waals surface area contributed by atoms with E-state index in [0.29, 0.717) is 24.9 Å². The van der Waals surface area contributed by atoms with E-state index in [9.17, 15) is 18.0 Å². The second-order valence-corrected chi connectivity index (χ2v) is 7.71. The Hall–Kier alpha value is -2.42. The van der Waals surface area contributed by atoms with E-state index in [1.54, 1.807) is 37.2 Å². The van der Waals surface area contributed by atoms with Gasteiger partial charge in [0.1, 0.15) is 10.9 Å². The molecule has 8 nitrogen and oxygen atoms in total. The predicted molar refractivity (Wildman–Crippen MR) is 89.5 cm³/mol. The second kappa shape index (κ2) is 6.47. The van der Waals surface area contributed by atoms with Crippen LogP contribution < -0.4 is 0 Å². The molecule has 0 radical (unpaired) electrons. The van der Waals surface area contributed by atoms with Crippen LogP contribution in [0.25, 0.3) is 0 Å². The Morgan fingerprint density at radius 2 is 2.04 bits per heavy atom. The molecule has 0 N–H and O–H groups in total. The van der Waals surface area contributed by atoms with Gasteiger partial charge in [0.25, 0.3) is 15.9 Å². The smallest absolute Gasteiger partial charge is 0.329 e. The summed E-state index contributed by atoms with van der Waals surface area (Å²) < 4.78 is 33.4. The Bertz CT molecular complexity index is 847. The van der Waals surface area contributed by atoms with Gasteiger partial charge >= 0.3 is 5.97 Å². The molecule has 1 fully saturated rings. The number of likely N-dealkylation sites (tertiary alicyclic amines) is 1. The van der Waals surface area contributed by atoms with Crippen LogP contribution in [0.15, 0.2) is 33.6 Å². The summed E-state index contributed by atoms with van der Waals surface area (Å²) in [6.45, 7) is 0.168. The minimum absolute atomic E-state index is 0.145. The number of amides is 1. The van der Waals surface area contributed by atoms with Crippen molar-refractivity contribution in [3.05, 3.63) is 29.8 Å². The third kappa shape index (κ3) is 3.23. The summed E-state index contributed by atoms with van der Waals surface area (Å²) in [4.78, 5) is 27.1. The van der Waals surface area contributed by atoms with Gasteiger partial charge in [-0.2, -0.15) is 8.42 Å². The van der Waals surface area contributed by atoms with E-state index in [4.69, 9.17) is 4.74 Å². The van der Waals surface area contributed by atoms with Crippen molar-refractivity contribution in [3.8, 4) is 0 Å². The lowest BCUT2D eigenvalue weighted by atomic mass is 10.1. The zero-order valence-corrected chi connectivity index (χ0v) is 14.8. The molecule has 2 aliphatic rings. The molecular formula is C16H19N3O5S. The standard InChI is InChI=1S/C16H19N3O5S/c1-18(2)14(20)10-24-16(21)12-7-5-9-19(12)15-11-6-3-4-8-13(11)25(22,23)17-15/h3-4,6,8,12H,5,7,9-10H2,1-2H3/t12-/m0/s1. The highest BCUT2D eigenvalue weighted by molar-refractivity contribution is 7.90. The first kappa shape index (κ1) is 17.4. The number of sulfonamides is 1. The number of carbonyl (C=O) groups excluding carboxylic acids is 2. The molecule has 3 rings (SSSR count). The Kier molecular flexibility index (Phi) is 4.51. The van der Waals surface area contributed by atoms with Crippen LogP contribution in [-0.2, 0) is 24.3 Å². The number of esters is 1. The van der Waals surface area contributed by atoms with Gasteiger partial charge in [-0.3, -0.25) is 4.79 Å². The monoisotopic (exact) mass is 365 g/mol. The van der Waals surface area contributed by atoms with E-state index < -0.39 is 22.0 Å². The number of carbonyl (C=O) groups is 2. The quantitative estimate of drug-likeness (QED) is 0.712. The number of hydrogen-bond donors (Lipinski definition) is 0. The van der Waals surface area contributed by atoms with E-state index in [0.717, 1.165) is 0 Å². The summed E-state index contributed by atoms with van der Waals surface area (Å²) in [5.41, 5.74) is 0.492. The van der Waals surface area contributed by atoms with Gasteiger partial charge in [-0.05, 0) is 25.0 Å². The van der Waals surface area contributed by atoms with Crippen LogP contribution in [0, 0.1) is 0 Å². The summed E-state index contributed by atoms with van der Waals surface area (Å²) >= 11 is 0. The number of likely N-dealkylation sites (N-methyl/N-ethyl adjacent to an activating group) is 1. The summed E-state index contributed by atoms with van der Waals surface area (Å²) in [7, 11) is -0.592. The minimum Gasteiger partial charge on any atom is -0.454 e. The van der Waals surface area contributed by atoms with Gasteiger partial charge in [0.05, 0.1) is 0 Å². The lowest BCUT2D eigenvalue weighted by Gasteiger charge is -2.25. The first-order valence-electron chi connectivity index (χ1n) is 7.89. The lowest BCUT2D eigenvalue weighted by Crippen LogP contribution is -2.42.